The maximum absolute atomic E-state index is 11.2. The number of allylic oxidation sites excluding steroid dienone is 1. The largest absolute Gasteiger partial charge is 0.478 e. The average Bonchev–Trinajstić information content (AvgIpc) is 2.16. The van der Waals surface area contributed by atoms with Gasteiger partial charge >= 0.3 is 5.97 Å². The fourth-order valence-corrected chi connectivity index (χ4v) is 3.08. The van der Waals surface area contributed by atoms with Gasteiger partial charge in [0.2, 0.25) is 5.91 Å². The molecule has 0 aromatic rings. The minimum atomic E-state index is -0.955. The summed E-state index contributed by atoms with van der Waals surface area (Å²) in [4.78, 5) is 23.6. The molecule has 2 heterocycles. The Morgan fingerprint density at radius 3 is 3.00 bits per heavy atom. The number of nitrogens with zero attached hydrogens (tertiary/aromatic N) is 1. The Kier molecular flexibility index (Phi) is 2.56. The van der Waals surface area contributed by atoms with Gasteiger partial charge in [-0.2, -0.15) is 0 Å². The Morgan fingerprint density at radius 1 is 1.73 bits per heavy atom. The number of carbonyl (C=O) groups is 2. The monoisotopic (exact) mass is 225 g/mol. The molecular formula is C10H11NO3S. The van der Waals surface area contributed by atoms with Crippen LogP contribution < -0.4 is 0 Å². The number of hydrogen-bond donors (Lipinski definition) is 1. The maximum Gasteiger partial charge on any atom is 0.334 e. The second-order valence-electron chi connectivity index (χ2n) is 3.43. The minimum absolute atomic E-state index is 0.00479. The molecule has 1 fully saturated rings. The molecule has 0 saturated carbocycles. The molecule has 80 valence electrons. The van der Waals surface area contributed by atoms with Crippen molar-refractivity contribution in [3.05, 3.63) is 23.9 Å². The van der Waals surface area contributed by atoms with E-state index >= 15 is 0 Å². The molecule has 4 nitrogen and oxygen atoms in total. The van der Waals surface area contributed by atoms with Gasteiger partial charge in [0.1, 0.15) is 0 Å². The molecule has 5 heteroatoms. The molecule has 0 aromatic carbocycles. The molecule has 2 aliphatic heterocycles. The zero-order valence-electron chi connectivity index (χ0n) is 8.21. The molecule has 0 aromatic heterocycles. The number of fused-ring (bicyclic) bond motifs is 1. The standard InChI is InChI=1S/C10H11NO3S/c1-2-3-7-6(10(13)14)5-11-8(12)4-9(11)15-7/h2-3,5,7,9H,4H2,1H3,(H,13,14)/t7?,9-/m1/s1. The summed E-state index contributed by atoms with van der Waals surface area (Å²) in [6.45, 7) is 1.86. The summed E-state index contributed by atoms with van der Waals surface area (Å²) in [5.41, 5.74) is 0.280. The molecule has 1 amide bonds. The Labute approximate surface area is 91.6 Å². The zero-order chi connectivity index (χ0) is 11.0. The van der Waals surface area contributed by atoms with Crippen molar-refractivity contribution < 1.29 is 14.7 Å². The average molecular weight is 225 g/mol. The highest BCUT2D eigenvalue weighted by Crippen LogP contribution is 2.40. The number of β-lactam (4-membered cyclic amide) rings is 1. The number of amides is 1. The molecule has 1 N–H and O–H groups in total. The third-order valence-corrected chi connectivity index (χ3v) is 3.86. The van der Waals surface area contributed by atoms with E-state index in [0.29, 0.717) is 6.42 Å². The van der Waals surface area contributed by atoms with Crippen LogP contribution in [0.1, 0.15) is 13.3 Å². The molecule has 2 aliphatic rings. The Morgan fingerprint density at radius 2 is 2.47 bits per heavy atom. The van der Waals surface area contributed by atoms with Crippen LogP contribution in [0, 0.1) is 0 Å². The molecule has 0 radical (unpaired) electrons. The summed E-state index contributed by atoms with van der Waals surface area (Å²) in [6, 6.07) is 0. The van der Waals surface area contributed by atoms with Crippen molar-refractivity contribution >= 4 is 23.6 Å². The summed E-state index contributed by atoms with van der Waals surface area (Å²) in [5, 5.41) is 8.99. The van der Waals surface area contributed by atoms with Crippen molar-refractivity contribution in [1.82, 2.24) is 4.90 Å². The number of carboxylic acids is 1. The highest BCUT2D eigenvalue weighted by atomic mass is 32.2. The van der Waals surface area contributed by atoms with Gasteiger partial charge in [0.25, 0.3) is 0 Å². The fourth-order valence-electron chi connectivity index (χ4n) is 1.64. The van der Waals surface area contributed by atoms with Gasteiger partial charge in [0.05, 0.1) is 22.6 Å². The van der Waals surface area contributed by atoms with Crippen molar-refractivity contribution in [3.8, 4) is 0 Å². The van der Waals surface area contributed by atoms with Crippen LogP contribution in [0.3, 0.4) is 0 Å². The predicted molar refractivity (Wildman–Crippen MR) is 57.2 cm³/mol. The number of aliphatic carboxylic acids is 1. The van der Waals surface area contributed by atoms with Crippen molar-refractivity contribution in [2.24, 2.45) is 0 Å². The lowest BCUT2D eigenvalue weighted by Gasteiger charge is -2.42. The van der Waals surface area contributed by atoms with Crippen LogP contribution in [0.2, 0.25) is 0 Å². The van der Waals surface area contributed by atoms with Crippen LogP contribution in [0.15, 0.2) is 23.9 Å². The number of rotatable bonds is 2. The van der Waals surface area contributed by atoms with Crippen molar-refractivity contribution in [1.29, 1.82) is 0 Å². The van der Waals surface area contributed by atoms with Gasteiger partial charge in [-0.15, -0.1) is 11.8 Å². The molecule has 2 rings (SSSR count). The Balaban J connectivity index is 2.28. The van der Waals surface area contributed by atoms with Gasteiger partial charge in [-0.25, -0.2) is 4.79 Å². The van der Waals surface area contributed by atoms with Crippen LogP contribution in [0.5, 0.6) is 0 Å². The van der Waals surface area contributed by atoms with Gasteiger partial charge in [-0.1, -0.05) is 12.2 Å². The summed E-state index contributed by atoms with van der Waals surface area (Å²) in [5.74, 6) is -0.950. The maximum atomic E-state index is 11.2. The predicted octanol–water partition coefficient (Wildman–Crippen LogP) is 1.20. The summed E-state index contributed by atoms with van der Waals surface area (Å²) in [7, 11) is 0. The lowest BCUT2D eigenvalue weighted by Crippen LogP contribution is -2.50. The zero-order valence-corrected chi connectivity index (χ0v) is 9.03. The van der Waals surface area contributed by atoms with E-state index in [0.717, 1.165) is 0 Å². The molecule has 2 atom stereocenters. The lowest BCUT2D eigenvalue weighted by molar-refractivity contribution is -0.137. The molecule has 15 heavy (non-hydrogen) atoms. The first-order valence-corrected chi connectivity index (χ1v) is 5.62. The van der Waals surface area contributed by atoms with E-state index in [1.165, 1.54) is 22.9 Å². The SMILES string of the molecule is CC=CC1S[C@@H]2CC(=O)N2C=C1C(=O)O. The van der Waals surface area contributed by atoms with Gasteiger partial charge in [-0.05, 0) is 6.92 Å². The van der Waals surface area contributed by atoms with E-state index in [1.807, 2.05) is 19.1 Å². The van der Waals surface area contributed by atoms with E-state index in [9.17, 15) is 9.59 Å². The molecule has 1 unspecified atom stereocenters. The highest BCUT2D eigenvalue weighted by molar-refractivity contribution is 8.01. The smallest absolute Gasteiger partial charge is 0.334 e. The second-order valence-corrected chi connectivity index (χ2v) is 4.76. The van der Waals surface area contributed by atoms with E-state index in [-0.39, 0.29) is 22.1 Å². The van der Waals surface area contributed by atoms with Crippen LogP contribution in [-0.2, 0) is 9.59 Å². The topological polar surface area (TPSA) is 57.6 Å². The van der Waals surface area contributed by atoms with E-state index in [2.05, 4.69) is 0 Å². The van der Waals surface area contributed by atoms with Crippen LogP contribution in [0.25, 0.3) is 0 Å². The van der Waals surface area contributed by atoms with Crippen molar-refractivity contribution in [2.45, 2.75) is 24.0 Å². The first kappa shape index (κ1) is 10.3. The van der Waals surface area contributed by atoms with Gasteiger partial charge in [-0.3, -0.25) is 4.79 Å². The van der Waals surface area contributed by atoms with Crippen LogP contribution in [-0.4, -0.2) is 32.5 Å². The number of hydrogen-bond acceptors (Lipinski definition) is 3. The van der Waals surface area contributed by atoms with E-state index < -0.39 is 5.97 Å². The third-order valence-electron chi connectivity index (χ3n) is 2.45. The molecular weight excluding hydrogens is 214 g/mol. The molecule has 0 bridgehead atoms. The van der Waals surface area contributed by atoms with Gasteiger partial charge in [0, 0.05) is 6.20 Å². The van der Waals surface area contributed by atoms with Gasteiger partial charge < -0.3 is 10.0 Å². The van der Waals surface area contributed by atoms with Crippen LogP contribution >= 0.6 is 11.8 Å². The Bertz CT molecular complexity index is 375. The van der Waals surface area contributed by atoms with Crippen molar-refractivity contribution in [2.75, 3.05) is 0 Å². The second kappa shape index (κ2) is 3.73. The summed E-state index contributed by atoms with van der Waals surface area (Å²) >= 11 is 1.52. The number of carbonyl (C=O) groups excluding carboxylic acids is 1. The number of thioether (sulfide) groups is 1. The van der Waals surface area contributed by atoms with E-state index in [1.54, 1.807) is 0 Å². The summed E-state index contributed by atoms with van der Waals surface area (Å²) < 4.78 is 0. The quantitative estimate of drug-likeness (QED) is 0.567. The van der Waals surface area contributed by atoms with E-state index in [4.69, 9.17) is 5.11 Å². The lowest BCUT2D eigenvalue weighted by atomic mass is 10.1. The normalized spacial score (nSPS) is 29.8. The first-order chi connectivity index (χ1) is 7.13. The summed E-state index contributed by atoms with van der Waals surface area (Å²) in [6.07, 6.45) is 5.68. The Hall–Kier alpha value is -1.23. The third kappa shape index (κ3) is 1.67. The number of carboxylic acid groups (broad SMARTS) is 1. The van der Waals surface area contributed by atoms with Gasteiger partial charge in [0.15, 0.2) is 0 Å². The molecule has 0 spiro atoms. The molecule has 0 aliphatic carbocycles. The molecule has 1 saturated heterocycles. The first-order valence-electron chi connectivity index (χ1n) is 4.68. The minimum Gasteiger partial charge on any atom is -0.478 e. The fraction of sp³-hybridized carbons (Fsp3) is 0.400. The highest BCUT2D eigenvalue weighted by Gasteiger charge is 2.42. The van der Waals surface area contributed by atoms with Crippen LogP contribution in [0.4, 0.5) is 0 Å². The van der Waals surface area contributed by atoms with Crippen molar-refractivity contribution in [3.63, 3.8) is 0 Å².